The van der Waals surface area contributed by atoms with Crippen LogP contribution in [0.5, 0.6) is 0 Å². The highest BCUT2D eigenvalue weighted by Gasteiger charge is 2.32. The van der Waals surface area contributed by atoms with Crippen molar-refractivity contribution < 1.29 is 9.84 Å². The van der Waals surface area contributed by atoms with E-state index in [-0.39, 0.29) is 11.3 Å². The lowest BCUT2D eigenvalue weighted by molar-refractivity contribution is -0.0753. The fraction of sp³-hybridized carbons (Fsp3) is 1.00. The predicted molar refractivity (Wildman–Crippen MR) is 60.4 cm³/mol. The second-order valence-electron chi connectivity index (χ2n) is 5.75. The van der Waals surface area contributed by atoms with Gasteiger partial charge in [0.2, 0.25) is 0 Å². The van der Waals surface area contributed by atoms with Gasteiger partial charge in [-0.25, -0.2) is 0 Å². The minimum absolute atomic E-state index is 0.241. The molecule has 0 rings (SSSR count). The topological polar surface area (TPSA) is 29.5 Å². The average Bonchev–Trinajstić information content (AvgIpc) is 2.00. The summed E-state index contributed by atoms with van der Waals surface area (Å²) in [5.41, 5.74) is -0.390. The van der Waals surface area contributed by atoms with Crippen molar-refractivity contribution in [1.29, 1.82) is 0 Å². The second kappa shape index (κ2) is 5.13. The zero-order valence-corrected chi connectivity index (χ0v) is 10.6. The Bertz CT molecular complexity index is 158. The quantitative estimate of drug-likeness (QED) is 0.743. The van der Waals surface area contributed by atoms with Crippen molar-refractivity contribution >= 4 is 0 Å². The van der Waals surface area contributed by atoms with Gasteiger partial charge in [-0.2, -0.15) is 0 Å². The van der Waals surface area contributed by atoms with Crippen LogP contribution in [-0.4, -0.2) is 24.4 Å². The monoisotopic (exact) mass is 202 g/mol. The van der Waals surface area contributed by atoms with Crippen molar-refractivity contribution in [2.75, 3.05) is 13.7 Å². The molecule has 0 aliphatic heterocycles. The van der Waals surface area contributed by atoms with Gasteiger partial charge in [0.25, 0.3) is 0 Å². The van der Waals surface area contributed by atoms with Gasteiger partial charge in [-0.3, -0.25) is 0 Å². The van der Waals surface area contributed by atoms with E-state index in [0.717, 1.165) is 12.8 Å². The lowest BCUT2D eigenvalue weighted by Crippen LogP contribution is -2.40. The van der Waals surface area contributed by atoms with E-state index in [1.165, 1.54) is 0 Å². The summed E-state index contributed by atoms with van der Waals surface area (Å²) in [6, 6.07) is 0. The molecule has 2 nitrogen and oxygen atoms in total. The lowest BCUT2D eigenvalue weighted by atomic mass is 9.80. The molecule has 0 aromatic rings. The Labute approximate surface area is 88.7 Å². The Morgan fingerprint density at radius 3 is 1.93 bits per heavy atom. The summed E-state index contributed by atoms with van der Waals surface area (Å²) in [4.78, 5) is 0. The molecule has 2 heteroatoms. The highest BCUT2D eigenvalue weighted by Crippen LogP contribution is 2.30. The summed E-state index contributed by atoms with van der Waals surface area (Å²) >= 11 is 0. The van der Waals surface area contributed by atoms with Crippen LogP contribution in [0.15, 0.2) is 0 Å². The van der Waals surface area contributed by atoms with Gasteiger partial charge in [-0.05, 0) is 24.2 Å². The van der Waals surface area contributed by atoms with E-state index >= 15 is 0 Å². The van der Waals surface area contributed by atoms with E-state index in [9.17, 15) is 5.11 Å². The molecule has 14 heavy (non-hydrogen) atoms. The molecular formula is C12H26O2. The largest absolute Gasteiger partial charge is 0.387 e. The minimum atomic E-state index is -0.665. The molecule has 0 radical (unpaired) electrons. The van der Waals surface area contributed by atoms with Crippen molar-refractivity contribution in [3.8, 4) is 0 Å². The molecule has 0 aliphatic carbocycles. The zero-order chi connectivity index (χ0) is 11.4. The maximum Gasteiger partial charge on any atom is 0.0902 e. The molecular weight excluding hydrogens is 176 g/mol. The number of hydrogen-bond donors (Lipinski definition) is 1. The summed E-state index contributed by atoms with van der Waals surface area (Å²) in [6.45, 7) is 11.1. The first-order valence-electron chi connectivity index (χ1n) is 5.42. The highest BCUT2D eigenvalue weighted by molar-refractivity contribution is 4.83. The third-order valence-corrected chi connectivity index (χ3v) is 2.78. The number of rotatable bonds is 5. The molecule has 1 unspecified atom stereocenters. The van der Waals surface area contributed by atoms with Gasteiger partial charge >= 0.3 is 0 Å². The van der Waals surface area contributed by atoms with Crippen LogP contribution in [0.3, 0.4) is 0 Å². The molecule has 1 atom stereocenters. The number of ether oxygens (including phenoxy) is 1. The smallest absolute Gasteiger partial charge is 0.0902 e. The van der Waals surface area contributed by atoms with Gasteiger partial charge in [-0.1, -0.05) is 34.6 Å². The molecule has 0 saturated carbocycles. The summed E-state index contributed by atoms with van der Waals surface area (Å²) in [7, 11) is 1.64. The van der Waals surface area contributed by atoms with Gasteiger partial charge in [0.15, 0.2) is 0 Å². The van der Waals surface area contributed by atoms with E-state index in [1.807, 2.05) is 13.8 Å². The maximum absolute atomic E-state index is 10.3. The third-order valence-electron chi connectivity index (χ3n) is 2.78. The average molecular weight is 202 g/mol. The van der Waals surface area contributed by atoms with Crippen molar-refractivity contribution in [2.24, 2.45) is 11.3 Å². The van der Waals surface area contributed by atoms with E-state index in [1.54, 1.807) is 7.11 Å². The molecule has 0 heterocycles. The van der Waals surface area contributed by atoms with Crippen LogP contribution in [0.4, 0.5) is 0 Å². The fourth-order valence-electron chi connectivity index (χ4n) is 1.37. The van der Waals surface area contributed by atoms with Crippen LogP contribution in [0, 0.1) is 11.3 Å². The molecule has 0 aliphatic rings. The normalized spacial score (nSPS) is 17.1. The summed E-state index contributed by atoms with van der Waals surface area (Å²) in [5, 5.41) is 10.3. The van der Waals surface area contributed by atoms with Gasteiger partial charge in [-0.15, -0.1) is 0 Å². The standard InChI is InChI=1S/C12H26O2/c1-10(2)12(13,9-14-6)8-7-11(3,4)5/h10,13H,7-9H2,1-6H3. The molecule has 0 aromatic heterocycles. The minimum Gasteiger partial charge on any atom is -0.387 e. The van der Waals surface area contributed by atoms with Gasteiger partial charge in [0.1, 0.15) is 0 Å². The SMILES string of the molecule is COCC(O)(CCC(C)(C)C)C(C)C. The van der Waals surface area contributed by atoms with E-state index in [2.05, 4.69) is 20.8 Å². The second-order valence-corrected chi connectivity index (χ2v) is 5.75. The Balaban J connectivity index is 4.24. The molecule has 86 valence electrons. The zero-order valence-electron chi connectivity index (χ0n) is 10.6. The number of hydrogen-bond acceptors (Lipinski definition) is 2. The third kappa shape index (κ3) is 4.97. The Hall–Kier alpha value is -0.0800. The molecule has 0 spiro atoms. The molecule has 0 bridgehead atoms. The lowest BCUT2D eigenvalue weighted by Gasteiger charge is -2.34. The molecule has 0 aromatic carbocycles. The molecule has 0 fully saturated rings. The van der Waals surface area contributed by atoms with E-state index < -0.39 is 5.60 Å². The number of methoxy groups -OCH3 is 1. The Kier molecular flexibility index (Phi) is 5.10. The van der Waals surface area contributed by atoms with Gasteiger partial charge < -0.3 is 9.84 Å². The predicted octanol–water partition coefficient (Wildman–Crippen LogP) is 2.85. The van der Waals surface area contributed by atoms with Crippen molar-refractivity contribution in [2.45, 2.75) is 53.1 Å². The van der Waals surface area contributed by atoms with Crippen molar-refractivity contribution in [1.82, 2.24) is 0 Å². The summed E-state index contributed by atoms with van der Waals surface area (Å²) < 4.78 is 5.08. The number of aliphatic hydroxyl groups is 1. The fourth-order valence-corrected chi connectivity index (χ4v) is 1.37. The van der Waals surface area contributed by atoms with Crippen molar-refractivity contribution in [3.63, 3.8) is 0 Å². The summed E-state index contributed by atoms with van der Waals surface area (Å²) in [6.07, 6.45) is 1.83. The van der Waals surface area contributed by atoms with E-state index in [4.69, 9.17) is 4.74 Å². The Morgan fingerprint density at radius 1 is 1.14 bits per heavy atom. The van der Waals surface area contributed by atoms with Gasteiger partial charge in [0.05, 0.1) is 12.2 Å². The highest BCUT2D eigenvalue weighted by atomic mass is 16.5. The van der Waals surface area contributed by atoms with Gasteiger partial charge in [0, 0.05) is 7.11 Å². The summed E-state index contributed by atoms with van der Waals surface area (Å²) in [5.74, 6) is 0.241. The van der Waals surface area contributed by atoms with E-state index in [0.29, 0.717) is 6.61 Å². The Morgan fingerprint density at radius 2 is 1.64 bits per heavy atom. The van der Waals surface area contributed by atoms with Crippen LogP contribution in [-0.2, 0) is 4.74 Å². The van der Waals surface area contributed by atoms with Crippen LogP contribution >= 0.6 is 0 Å². The van der Waals surface area contributed by atoms with Crippen LogP contribution in [0.1, 0.15) is 47.5 Å². The maximum atomic E-state index is 10.3. The molecule has 0 amide bonds. The first-order chi connectivity index (χ1) is 6.21. The van der Waals surface area contributed by atoms with Crippen LogP contribution in [0.25, 0.3) is 0 Å². The first-order valence-corrected chi connectivity index (χ1v) is 5.42. The first kappa shape index (κ1) is 13.9. The van der Waals surface area contributed by atoms with Crippen LogP contribution < -0.4 is 0 Å². The van der Waals surface area contributed by atoms with Crippen LogP contribution in [0.2, 0.25) is 0 Å². The molecule has 0 saturated heterocycles. The van der Waals surface area contributed by atoms with Crippen molar-refractivity contribution in [3.05, 3.63) is 0 Å². The molecule has 1 N–H and O–H groups in total.